The average Bonchev–Trinajstić information content (AvgIpc) is 2.33. The van der Waals surface area contributed by atoms with Crippen LogP contribution < -0.4 is 0 Å². The molecule has 96 valence electrons. The number of esters is 1. The van der Waals surface area contributed by atoms with Crippen LogP contribution in [0.15, 0.2) is 23.8 Å². The first-order valence-electron chi connectivity index (χ1n) is 6.00. The van der Waals surface area contributed by atoms with Crippen molar-refractivity contribution in [2.24, 2.45) is 5.92 Å². The predicted molar refractivity (Wildman–Crippen MR) is 68.3 cm³/mol. The molecular formula is C13H17BO4. The highest BCUT2D eigenvalue weighted by Gasteiger charge is 2.13. The second-order valence-corrected chi connectivity index (χ2v) is 4.50. The van der Waals surface area contributed by atoms with Crippen LogP contribution in [-0.4, -0.2) is 31.5 Å². The third-order valence-corrected chi connectivity index (χ3v) is 2.71. The van der Waals surface area contributed by atoms with Crippen molar-refractivity contribution in [2.45, 2.75) is 32.0 Å². The molecule has 0 saturated carbocycles. The van der Waals surface area contributed by atoms with Crippen molar-refractivity contribution < 1.29 is 19.4 Å². The van der Waals surface area contributed by atoms with Gasteiger partial charge in [-0.3, -0.25) is 9.59 Å². The van der Waals surface area contributed by atoms with E-state index in [1.165, 1.54) is 0 Å². The maximum Gasteiger partial charge on any atom is 0.306 e. The molecule has 18 heavy (non-hydrogen) atoms. The Morgan fingerprint density at radius 2 is 2.33 bits per heavy atom. The number of aliphatic carboxylic acids is 1. The standard InChI is InChI=1S/C13H17BO4/c1-9-3-2-4-10(7-9)8-18-12(15)6-5-11(14)13(16)17/h2,4,7,9,11H,3,5-6,8H2,1H3,(H,16,17)/t9?,11-/m0/s1. The second-order valence-electron chi connectivity index (χ2n) is 4.50. The van der Waals surface area contributed by atoms with Crippen molar-refractivity contribution in [1.29, 1.82) is 0 Å². The SMILES string of the molecule is [B][C@@H](CCC(=O)OCC1=CC(C)CC=C1)C(=O)O. The Morgan fingerprint density at radius 3 is 2.94 bits per heavy atom. The van der Waals surface area contributed by atoms with E-state index in [9.17, 15) is 9.59 Å². The molecule has 2 atom stereocenters. The monoisotopic (exact) mass is 248 g/mol. The maximum absolute atomic E-state index is 11.4. The lowest BCUT2D eigenvalue weighted by Gasteiger charge is -2.13. The zero-order valence-corrected chi connectivity index (χ0v) is 10.5. The van der Waals surface area contributed by atoms with Crippen molar-refractivity contribution in [3.8, 4) is 0 Å². The molecule has 0 spiro atoms. The topological polar surface area (TPSA) is 63.6 Å². The van der Waals surface area contributed by atoms with E-state index in [1.807, 2.05) is 12.2 Å². The quantitative estimate of drug-likeness (QED) is 0.575. The first-order valence-corrected chi connectivity index (χ1v) is 6.00. The third kappa shape index (κ3) is 5.21. The van der Waals surface area contributed by atoms with Gasteiger partial charge in [-0.2, -0.15) is 0 Å². The Morgan fingerprint density at radius 1 is 1.61 bits per heavy atom. The summed E-state index contributed by atoms with van der Waals surface area (Å²) in [7, 11) is 5.29. The molecule has 2 radical (unpaired) electrons. The predicted octanol–water partition coefficient (Wildman–Crippen LogP) is 1.87. The highest BCUT2D eigenvalue weighted by Crippen LogP contribution is 2.16. The van der Waals surface area contributed by atoms with Gasteiger partial charge in [0.2, 0.25) is 0 Å². The number of hydrogen-bond acceptors (Lipinski definition) is 3. The summed E-state index contributed by atoms with van der Waals surface area (Å²) in [4.78, 5) is 21.8. The molecule has 0 saturated heterocycles. The van der Waals surface area contributed by atoms with Crippen molar-refractivity contribution in [3.63, 3.8) is 0 Å². The van der Waals surface area contributed by atoms with Gasteiger partial charge in [0.15, 0.2) is 0 Å². The van der Waals surface area contributed by atoms with Crippen LogP contribution in [0.3, 0.4) is 0 Å². The lowest BCUT2D eigenvalue weighted by molar-refractivity contribution is -0.143. The number of allylic oxidation sites excluding steroid dienone is 2. The van der Waals surface area contributed by atoms with E-state index >= 15 is 0 Å². The van der Waals surface area contributed by atoms with Crippen LogP contribution in [0.25, 0.3) is 0 Å². The fraction of sp³-hybridized carbons (Fsp3) is 0.538. The van der Waals surface area contributed by atoms with Crippen molar-refractivity contribution in [1.82, 2.24) is 0 Å². The molecule has 0 aromatic carbocycles. The minimum Gasteiger partial charge on any atom is -0.482 e. The number of carbonyl (C=O) groups excluding carboxylic acids is 1. The Hall–Kier alpha value is -1.52. The Bertz CT molecular complexity index is 373. The summed E-state index contributed by atoms with van der Waals surface area (Å²) in [5, 5.41) is 8.56. The fourth-order valence-electron chi connectivity index (χ4n) is 1.65. The van der Waals surface area contributed by atoms with Crippen LogP contribution in [0, 0.1) is 5.92 Å². The van der Waals surface area contributed by atoms with Gasteiger partial charge in [0.25, 0.3) is 5.97 Å². The Balaban J connectivity index is 2.25. The molecule has 0 bridgehead atoms. The molecule has 0 amide bonds. The highest BCUT2D eigenvalue weighted by atomic mass is 16.5. The molecule has 0 aliphatic heterocycles. The molecule has 4 nitrogen and oxygen atoms in total. The maximum atomic E-state index is 11.4. The largest absolute Gasteiger partial charge is 0.482 e. The van der Waals surface area contributed by atoms with E-state index in [-0.39, 0.29) is 19.4 Å². The summed E-state index contributed by atoms with van der Waals surface area (Å²) >= 11 is 0. The summed E-state index contributed by atoms with van der Waals surface area (Å²) in [6, 6.07) is 0. The van der Waals surface area contributed by atoms with E-state index in [1.54, 1.807) is 0 Å². The van der Waals surface area contributed by atoms with Gasteiger partial charge in [-0.1, -0.05) is 25.2 Å². The van der Waals surface area contributed by atoms with Gasteiger partial charge >= 0.3 is 5.97 Å². The molecule has 1 rings (SSSR count). The lowest BCUT2D eigenvalue weighted by atomic mass is 9.84. The number of hydrogen-bond donors (Lipinski definition) is 1. The Kier molecular flexibility index (Phi) is 5.69. The number of carboxylic acids is 1. The molecule has 1 unspecified atom stereocenters. The molecular weight excluding hydrogens is 231 g/mol. The van der Waals surface area contributed by atoms with Crippen LogP contribution in [0.2, 0.25) is 5.82 Å². The zero-order valence-electron chi connectivity index (χ0n) is 10.5. The van der Waals surface area contributed by atoms with E-state index < -0.39 is 17.8 Å². The van der Waals surface area contributed by atoms with E-state index in [0.29, 0.717) is 5.92 Å². The molecule has 0 heterocycles. The molecule has 1 aliphatic rings. The summed E-state index contributed by atoms with van der Waals surface area (Å²) in [5.74, 6) is -2.07. The summed E-state index contributed by atoms with van der Waals surface area (Å²) in [6.45, 7) is 2.33. The minimum atomic E-state index is -1.10. The van der Waals surface area contributed by atoms with Crippen LogP contribution in [0.4, 0.5) is 0 Å². The smallest absolute Gasteiger partial charge is 0.306 e. The van der Waals surface area contributed by atoms with Crippen LogP contribution >= 0.6 is 0 Å². The molecule has 0 aromatic rings. The molecule has 0 fully saturated rings. The molecule has 1 aliphatic carbocycles. The number of rotatable bonds is 6. The second kappa shape index (κ2) is 7.04. The van der Waals surface area contributed by atoms with Crippen LogP contribution in [0.1, 0.15) is 26.2 Å². The average molecular weight is 248 g/mol. The number of carbonyl (C=O) groups is 2. The van der Waals surface area contributed by atoms with Gasteiger partial charge in [-0.25, -0.2) is 0 Å². The Labute approximate surface area is 108 Å². The van der Waals surface area contributed by atoms with Gasteiger partial charge in [-0.15, -0.1) is 0 Å². The van der Waals surface area contributed by atoms with Gasteiger partial charge < -0.3 is 9.84 Å². The summed E-state index contributed by atoms with van der Waals surface area (Å²) < 4.78 is 5.05. The molecule has 0 aromatic heterocycles. The molecule has 1 N–H and O–H groups in total. The minimum absolute atomic E-state index is 0.0278. The summed E-state index contributed by atoms with van der Waals surface area (Å²) in [5.41, 5.74) is 0.977. The first kappa shape index (κ1) is 14.5. The fourth-order valence-corrected chi connectivity index (χ4v) is 1.65. The number of carboxylic acid groups (broad SMARTS) is 1. The van der Waals surface area contributed by atoms with Crippen LogP contribution in [-0.2, 0) is 14.3 Å². The summed E-state index contributed by atoms with van der Waals surface area (Å²) in [6.07, 6.45) is 7.19. The third-order valence-electron chi connectivity index (χ3n) is 2.71. The lowest BCUT2D eigenvalue weighted by Crippen LogP contribution is -2.12. The van der Waals surface area contributed by atoms with Gasteiger partial charge in [0.1, 0.15) is 6.61 Å². The van der Waals surface area contributed by atoms with Gasteiger partial charge in [-0.05, 0) is 24.3 Å². The zero-order chi connectivity index (χ0) is 13.5. The van der Waals surface area contributed by atoms with Crippen molar-refractivity contribution in [2.75, 3.05) is 6.61 Å². The van der Waals surface area contributed by atoms with Crippen molar-refractivity contribution >= 4 is 19.8 Å². The van der Waals surface area contributed by atoms with Gasteiger partial charge in [0.05, 0.1) is 7.85 Å². The van der Waals surface area contributed by atoms with Crippen molar-refractivity contribution in [3.05, 3.63) is 23.8 Å². The number of ether oxygens (including phenoxy) is 1. The van der Waals surface area contributed by atoms with Crippen LogP contribution in [0.5, 0.6) is 0 Å². The normalized spacial score (nSPS) is 20.1. The molecule has 5 heteroatoms. The van der Waals surface area contributed by atoms with E-state index in [4.69, 9.17) is 17.7 Å². The van der Waals surface area contributed by atoms with E-state index in [2.05, 4.69) is 13.0 Å². The first-order chi connectivity index (χ1) is 8.49. The van der Waals surface area contributed by atoms with E-state index in [0.717, 1.165) is 12.0 Å². The highest BCUT2D eigenvalue weighted by molar-refractivity contribution is 6.22. The van der Waals surface area contributed by atoms with Gasteiger partial charge in [0, 0.05) is 12.2 Å².